The zero-order chi connectivity index (χ0) is 31.3. The van der Waals surface area contributed by atoms with Crippen molar-refractivity contribution < 1.29 is 18.8 Å². The highest BCUT2D eigenvalue weighted by atomic mass is 16.5. The topological polar surface area (TPSA) is 43.4 Å². The van der Waals surface area contributed by atoms with Crippen LogP contribution >= 0.6 is 0 Å². The van der Waals surface area contributed by atoms with Crippen LogP contribution in [0.5, 0.6) is 11.5 Å². The molecular weight excluding hydrogens is 546 g/mol. The van der Waals surface area contributed by atoms with Crippen molar-refractivity contribution in [2.24, 2.45) is 0 Å². The van der Waals surface area contributed by atoms with Crippen LogP contribution in [0.15, 0.2) is 97.1 Å². The molecule has 4 aromatic rings. The summed E-state index contributed by atoms with van der Waals surface area (Å²) >= 11 is 0. The lowest BCUT2D eigenvalue weighted by molar-refractivity contribution is 0.107. The predicted octanol–water partition coefficient (Wildman–Crippen LogP) is 4.59. The van der Waals surface area contributed by atoms with Crippen LogP contribution in [-0.4, -0.2) is 78.1 Å². The molecule has 0 aliphatic carbocycles. The Hall–Kier alpha value is -3.39. The number of ether oxygens (including phenoxy) is 2. The third kappa shape index (κ3) is 11.0. The van der Waals surface area contributed by atoms with Crippen LogP contribution in [0.1, 0.15) is 16.7 Å². The Morgan fingerprint density at radius 2 is 0.977 bits per heavy atom. The Morgan fingerprint density at radius 3 is 1.48 bits per heavy atom. The number of likely N-dealkylation sites (N-methyl/N-ethyl adjacent to an activating group) is 2. The van der Waals surface area contributed by atoms with Gasteiger partial charge in [-0.15, -0.1) is 0 Å². The molecule has 4 aromatic carbocycles. The van der Waals surface area contributed by atoms with Gasteiger partial charge in [0, 0.05) is 26.3 Å². The van der Waals surface area contributed by atoms with E-state index in [1.165, 1.54) is 11.0 Å². The molecule has 0 aromatic heterocycles. The minimum atomic E-state index is -0.175. The van der Waals surface area contributed by atoms with Gasteiger partial charge in [-0.25, -0.2) is 0 Å². The summed E-state index contributed by atoms with van der Waals surface area (Å²) in [7, 11) is 8.22. The lowest BCUT2D eigenvalue weighted by Crippen LogP contribution is -2.46. The van der Waals surface area contributed by atoms with Crippen LogP contribution in [0, 0.1) is 6.92 Å². The first-order valence-corrected chi connectivity index (χ1v) is 15.4. The largest absolute Gasteiger partial charge is 0.457 e. The Bertz CT molecular complexity index is 1380. The first-order valence-electron chi connectivity index (χ1n) is 15.4. The van der Waals surface area contributed by atoms with Gasteiger partial charge in [-0.2, -0.15) is 0 Å². The first kappa shape index (κ1) is 33.5. The summed E-state index contributed by atoms with van der Waals surface area (Å²) in [6.07, 6.45) is 0. The molecule has 0 N–H and O–H groups in total. The summed E-state index contributed by atoms with van der Waals surface area (Å²) in [6, 6.07) is 33.3. The lowest BCUT2D eigenvalue weighted by Gasteiger charge is -2.18. The van der Waals surface area contributed by atoms with E-state index in [4.69, 9.17) is 18.8 Å². The molecule has 6 nitrogen and oxygen atoms in total. The predicted molar refractivity (Wildman–Crippen MR) is 184 cm³/mol. The number of hydrogen-bond acceptors (Lipinski definition) is 6. The molecule has 0 fully saturated rings. The molecule has 0 saturated heterocycles. The van der Waals surface area contributed by atoms with Crippen LogP contribution in [0.25, 0.3) is 0 Å². The average Bonchev–Trinajstić information content (AvgIpc) is 3.01. The molecule has 0 amide bonds. The molecule has 0 heterocycles. The van der Waals surface area contributed by atoms with Gasteiger partial charge in [0.1, 0.15) is 11.5 Å². The zero-order valence-electron chi connectivity index (χ0n) is 27.2. The molecule has 0 aliphatic heterocycles. The van der Waals surface area contributed by atoms with E-state index in [2.05, 4.69) is 125 Å². The Kier molecular flexibility index (Phi) is 13.1. The van der Waals surface area contributed by atoms with E-state index in [0.717, 1.165) is 53.2 Å². The fourth-order valence-electron chi connectivity index (χ4n) is 4.66. The van der Waals surface area contributed by atoms with Crippen molar-refractivity contribution in [3.05, 3.63) is 114 Å². The summed E-state index contributed by atoms with van der Waals surface area (Å²) in [5, 5.41) is 0. The number of benzene rings is 4. The van der Waals surface area contributed by atoms with Crippen molar-refractivity contribution in [2.75, 3.05) is 54.5 Å². The molecule has 4 rings (SSSR count). The third-order valence-corrected chi connectivity index (χ3v) is 7.44. The van der Waals surface area contributed by atoms with E-state index in [-0.39, 0.29) is 13.8 Å². The summed E-state index contributed by atoms with van der Waals surface area (Å²) < 4.78 is 24.4. The third-order valence-electron chi connectivity index (χ3n) is 7.44. The highest BCUT2D eigenvalue weighted by Crippen LogP contribution is 2.20. The van der Waals surface area contributed by atoms with Gasteiger partial charge in [0.25, 0.3) is 0 Å². The maximum atomic E-state index is 6.41. The van der Waals surface area contributed by atoms with Gasteiger partial charge in [0.2, 0.25) is 0 Å². The van der Waals surface area contributed by atoms with Gasteiger partial charge in [0.05, 0.1) is 13.2 Å². The van der Waals surface area contributed by atoms with Crippen molar-refractivity contribution in [1.29, 1.82) is 0 Å². The molecule has 0 unspecified atom stereocenters. The van der Waals surface area contributed by atoms with Gasteiger partial charge >= 0.3 is 13.8 Å². The van der Waals surface area contributed by atoms with Gasteiger partial charge in [-0.05, 0) is 86.9 Å². The van der Waals surface area contributed by atoms with Gasteiger partial charge in [0.15, 0.2) is 0 Å². The fraction of sp³-hybridized carbons (Fsp3) is 0.333. The summed E-state index contributed by atoms with van der Waals surface area (Å²) in [4.78, 5) is 4.26. The normalized spacial score (nSPS) is 11.3. The smallest absolute Gasteiger partial charge is 0.361 e. The number of hydrogen-bond donors (Lipinski definition) is 0. The van der Waals surface area contributed by atoms with Crippen molar-refractivity contribution in [2.45, 2.75) is 27.0 Å². The molecule has 0 saturated carbocycles. The zero-order valence-corrected chi connectivity index (χ0v) is 27.2. The molecule has 0 aliphatic rings. The number of rotatable bonds is 17. The van der Waals surface area contributed by atoms with E-state index < -0.39 is 0 Å². The van der Waals surface area contributed by atoms with Gasteiger partial charge in [-0.1, -0.05) is 85.2 Å². The van der Waals surface area contributed by atoms with E-state index in [1.807, 2.05) is 24.3 Å². The molecule has 0 radical (unpaired) electrons. The summed E-state index contributed by atoms with van der Waals surface area (Å²) in [5.41, 5.74) is 6.86. The molecule has 0 atom stereocenters. The quantitative estimate of drug-likeness (QED) is 0.167. The maximum absolute atomic E-state index is 6.41. The summed E-state index contributed by atoms with van der Waals surface area (Å²) in [6.45, 7) is 8.28. The van der Waals surface area contributed by atoms with E-state index in [1.54, 1.807) is 0 Å². The highest BCUT2D eigenvalue weighted by molar-refractivity contribution is 6.80. The molecule has 44 heavy (non-hydrogen) atoms. The van der Waals surface area contributed by atoms with Crippen molar-refractivity contribution in [3.8, 4) is 11.5 Å². The molecular formula is C36H46B2N2O4. The van der Waals surface area contributed by atoms with Crippen molar-refractivity contribution >= 4 is 30.2 Å². The Balaban J connectivity index is 1.33. The second-order valence-corrected chi connectivity index (χ2v) is 11.8. The standard InChI is InChI=1S/C36H46B2N2O4/c1-29-7-19-35(20-8-29)44-36-21-17-34(18-22-36)38(43-26-24-40(5)6)33-15-11-31(12-16-33)28-41-27-30-9-13-32(14-10-30)37(2)42-25-23-39(3)4/h7-22H,23-28H2,1-6H3. The van der Waals surface area contributed by atoms with E-state index >= 15 is 0 Å². The van der Waals surface area contributed by atoms with Crippen molar-refractivity contribution in [3.63, 3.8) is 0 Å². The lowest BCUT2D eigenvalue weighted by atomic mass is 9.55. The second-order valence-electron chi connectivity index (χ2n) is 11.8. The average molecular weight is 592 g/mol. The number of nitrogens with zero attached hydrogens (tertiary/aromatic N) is 2. The van der Waals surface area contributed by atoms with Gasteiger partial charge in [-0.3, -0.25) is 0 Å². The minimum Gasteiger partial charge on any atom is -0.457 e. The van der Waals surface area contributed by atoms with E-state index in [0.29, 0.717) is 19.8 Å². The van der Waals surface area contributed by atoms with E-state index in [9.17, 15) is 0 Å². The molecule has 0 spiro atoms. The maximum Gasteiger partial charge on any atom is 0.361 e. The molecule has 0 bridgehead atoms. The molecule has 8 heteroatoms. The minimum absolute atomic E-state index is 0.0732. The van der Waals surface area contributed by atoms with Crippen LogP contribution in [0.4, 0.5) is 0 Å². The monoisotopic (exact) mass is 592 g/mol. The number of aryl methyl sites for hydroxylation is 1. The highest BCUT2D eigenvalue weighted by Gasteiger charge is 2.22. The first-order chi connectivity index (χ1) is 21.3. The SMILES string of the molecule is CB(OCCN(C)C)c1ccc(COCc2ccc(B(OCCN(C)C)c3ccc(Oc4ccc(C)cc4)cc3)cc2)cc1. The van der Waals surface area contributed by atoms with Crippen molar-refractivity contribution in [1.82, 2.24) is 9.80 Å². The Morgan fingerprint density at radius 1 is 0.545 bits per heavy atom. The van der Waals surface area contributed by atoms with Gasteiger partial charge < -0.3 is 28.6 Å². The van der Waals surface area contributed by atoms with Crippen LogP contribution in [0.2, 0.25) is 6.82 Å². The Labute approximate surface area is 265 Å². The van der Waals surface area contributed by atoms with Crippen LogP contribution in [-0.2, 0) is 27.3 Å². The second kappa shape index (κ2) is 17.2. The van der Waals surface area contributed by atoms with Crippen LogP contribution < -0.4 is 21.1 Å². The fourth-order valence-corrected chi connectivity index (χ4v) is 4.66. The summed E-state index contributed by atoms with van der Waals surface area (Å²) in [5.74, 6) is 1.63. The molecule has 230 valence electrons. The van der Waals surface area contributed by atoms with Crippen LogP contribution in [0.3, 0.4) is 0 Å².